The maximum atomic E-state index is 12.3. The van der Waals surface area contributed by atoms with Crippen molar-refractivity contribution in [3.8, 4) is 0 Å². The molecule has 2 atom stereocenters. The van der Waals surface area contributed by atoms with Crippen LogP contribution in [-0.4, -0.2) is 30.1 Å². The highest BCUT2D eigenvalue weighted by Gasteiger charge is 2.53. The van der Waals surface area contributed by atoms with E-state index in [2.05, 4.69) is 24.1 Å². The molecule has 0 spiro atoms. The fourth-order valence-corrected chi connectivity index (χ4v) is 4.77. The maximum absolute atomic E-state index is 12.3. The second kappa shape index (κ2) is 6.58. The minimum Gasteiger partial charge on any atom is -0.381 e. The van der Waals surface area contributed by atoms with Gasteiger partial charge >= 0.3 is 0 Å². The Kier molecular flexibility index (Phi) is 5.22. The molecule has 1 aliphatic rings. The monoisotopic (exact) mass is 328 g/mol. The lowest BCUT2D eigenvalue weighted by molar-refractivity contribution is -0.140. The normalized spacial score (nSPS) is 23.6. The van der Waals surface area contributed by atoms with Crippen LogP contribution in [0.15, 0.2) is 0 Å². The third-order valence-electron chi connectivity index (χ3n) is 4.97. The first-order chi connectivity index (χ1) is 9.96. The number of ether oxygens (including phenoxy) is 1. The highest BCUT2D eigenvalue weighted by molar-refractivity contribution is 7.73. The van der Waals surface area contributed by atoms with Crippen LogP contribution >= 0.6 is 23.6 Å². The summed E-state index contributed by atoms with van der Waals surface area (Å²) in [5, 5.41) is 3.20. The molecule has 2 rings (SSSR count). The van der Waals surface area contributed by atoms with Crippen LogP contribution in [-0.2, 0) is 16.0 Å². The van der Waals surface area contributed by atoms with Gasteiger partial charge in [-0.1, -0.05) is 13.8 Å². The number of hydrogen-bond acceptors (Lipinski definition) is 4. The van der Waals surface area contributed by atoms with Gasteiger partial charge in [0.2, 0.25) is 5.91 Å². The van der Waals surface area contributed by atoms with Gasteiger partial charge in [-0.3, -0.25) is 4.79 Å². The Morgan fingerprint density at radius 1 is 1.52 bits per heavy atom. The number of aromatic amines is 1. The minimum absolute atomic E-state index is 0.0779. The molecule has 1 fully saturated rings. The number of amides is 1. The number of thiazole rings is 1. The van der Waals surface area contributed by atoms with Gasteiger partial charge in [-0.2, -0.15) is 0 Å². The molecule has 4 nitrogen and oxygen atoms in total. The molecule has 1 aromatic rings. The average molecular weight is 329 g/mol. The SMILES string of the molecule is CCC1(CC)[C@H](NC(=O)Cc2sc(=S)[nH]c2C)C[C@H]1OC. The number of aryl methyl sites for hydroxylation is 1. The van der Waals surface area contributed by atoms with E-state index in [0.29, 0.717) is 6.42 Å². The molecule has 118 valence electrons. The van der Waals surface area contributed by atoms with Crippen LogP contribution in [0.5, 0.6) is 0 Å². The van der Waals surface area contributed by atoms with Crippen molar-refractivity contribution in [2.45, 2.75) is 58.6 Å². The molecule has 6 heteroatoms. The molecule has 0 bridgehead atoms. The van der Waals surface area contributed by atoms with Crippen LogP contribution in [0.3, 0.4) is 0 Å². The maximum Gasteiger partial charge on any atom is 0.225 e. The quantitative estimate of drug-likeness (QED) is 0.787. The summed E-state index contributed by atoms with van der Waals surface area (Å²) in [5.74, 6) is 0.0779. The number of methoxy groups -OCH3 is 1. The van der Waals surface area contributed by atoms with Gasteiger partial charge in [0, 0.05) is 29.1 Å². The Labute approximate surface area is 135 Å². The average Bonchev–Trinajstić information content (AvgIpc) is 2.74. The van der Waals surface area contributed by atoms with Gasteiger partial charge in [0.25, 0.3) is 0 Å². The van der Waals surface area contributed by atoms with Gasteiger partial charge in [-0.05, 0) is 38.4 Å². The van der Waals surface area contributed by atoms with Crippen LogP contribution in [0.25, 0.3) is 0 Å². The molecule has 0 unspecified atom stereocenters. The van der Waals surface area contributed by atoms with Crippen LogP contribution in [0.4, 0.5) is 0 Å². The number of carbonyl (C=O) groups excluding carboxylic acids is 1. The first-order valence-corrected chi connectivity index (χ1v) is 8.70. The Balaban J connectivity index is 2.00. The van der Waals surface area contributed by atoms with E-state index in [1.807, 2.05) is 6.92 Å². The fraction of sp³-hybridized carbons (Fsp3) is 0.733. The molecule has 21 heavy (non-hydrogen) atoms. The summed E-state index contributed by atoms with van der Waals surface area (Å²) in [6.07, 6.45) is 3.62. The second-order valence-corrected chi connectivity index (χ2v) is 7.53. The summed E-state index contributed by atoms with van der Waals surface area (Å²) in [6.45, 7) is 6.31. The highest BCUT2D eigenvalue weighted by atomic mass is 32.1. The van der Waals surface area contributed by atoms with Crippen molar-refractivity contribution >= 4 is 29.5 Å². The Morgan fingerprint density at radius 2 is 2.19 bits per heavy atom. The molecule has 1 saturated carbocycles. The van der Waals surface area contributed by atoms with Crippen molar-refractivity contribution < 1.29 is 9.53 Å². The predicted molar refractivity (Wildman–Crippen MR) is 88.3 cm³/mol. The molecule has 0 aliphatic heterocycles. The van der Waals surface area contributed by atoms with Gasteiger partial charge in [-0.15, -0.1) is 11.3 Å². The number of aromatic nitrogens is 1. The Bertz CT molecular complexity index is 560. The summed E-state index contributed by atoms with van der Waals surface area (Å²) >= 11 is 6.60. The van der Waals surface area contributed by atoms with Crippen molar-refractivity contribution in [1.82, 2.24) is 10.3 Å². The summed E-state index contributed by atoms with van der Waals surface area (Å²) in [4.78, 5) is 16.4. The topological polar surface area (TPSA) is 54.1 Å². The number of rotatable bonds is 6. The lowest BCUT2D eigenvalue weighted by Crippen LogP contribution is -2.64. The predicted octanol–water partition coefficient (Wildman–Crippen LogP) is 3.37. The second-order valence-electron chi connectivity index (χ2n) is 5.76. The zero-order valence-electron chi connectivity index (χ0n) is 13.1. The van der Waals surface area contributed by atoms with Crippen molar-refractivity contribution in [2.24, 2.45) is 5.41 Å². The molecule has 1 aliphatic carbocycles. The molecule has 1 aromatic heterocycles. The first kappa shape index (κ1) is 16.6. The van der Waals surface area contributed by atoms with E-state index >= 15 is 0 Å². The minimum atomic E-state index is 0.0779. The van der Waals surface area contributed by atoms with Crippen molar-refractivity contribution in [3.05, 3.63) is 14.5 Å². The molecule has 0 aromatic carbocycles. The number of H-pyrrole nitrogens is 1. The van der Waals surface area contributed by atoms with E-state index in [0.717, 1.165) is 33.8 Å². The van der Waals surface area contributed by atoms with E-state index in [1.165, 1.54) is 11.3 Å². The third-order valence-corrected chi connectivity index (χ3v) is 6.30. The molecule has 1 heterocycles. The summed E-state index contributed by atoms with van der Waals surface area (Å²) in [7, 11) is 1.76. The first-order valence-electron chi connectivity index (χ1n) is 7.47. The number of nitrogens with one attached hydrogen (secondary N) is 2. The van der Waals surface area contributed by atoms with Gasteiger partial charge in [-0.25, -0.2) is 0 Å². The molecular formula is C15H24N2O2S2. The Morgan fingerprint density at radius 3 is 2.67 bits per heavy atom. The number of hydrogen-bond donors (Lipinski definition) is 2. The van der Waals surface area contributed by atoms with Crippen molar-refractivity contribution in [3.63, 3.8) is 0 Å². The molecule has 2 N–H and O–H groups in total. The lowest BCUT2D eigenvalue weighted by atomic mass is 9.58. The van der Waals surface area contributed by atoms with E-state index in [-0.39, 0.29) is 23.5 Å². The van der Waals surface area contributed by atoms with Crippen LogP contribution in [0, 0.1) is 16.3 Å². The summed E-state index contributed by atoms with van der Waals surface area (Å²) in [6, 6.07) is 0.220. The van der Waals surface area contributed by atoms with Crippen LogP contribution < -0.4 is 5.32 Å². The van der Waals surface area contributed by atoms with Gasteiger partial charge < -0.3 is 15.0 Å². The van der Waals surface area contributed by atoms with Gasteiger partial charge in [0.05, 0.1) is 12.5 Å². The Hall–Kier alpha value is -0.720. The van der Waals surface area contributed by atoms with Crippen molar-refractivity contribution in [2.75, 3.05) is 7.11 Å². The van der Waals surface area contributed by atoms with E-state index in [4.69, 9.17) is 17.0 Å². The summed E-state index contributed by atoms with van der Waals surface area (Å²) < 4.78 is 6.30. The standard InChI is InChI=1S/C15H24N2O2S2/c1-5-15(6-2)11(8-12(15)19-4)17-13(18)7-10-9(3)16-14(20)21-10/h11-12H,5-8H2,1-4H3,(H,16,20)(H,17,18)/t11-,12-/m1/s1. The molecule has 1 amide bonds. The zero-order chi connectivity index (χ0) is 15.6. The number of carbonyl (C=O) groups is 1. The van der Waals surface area contributed by atoms with E-state index in [9.17, 15) is 4.79 Å². The van der Waals surface area contributed by atoms with Gasteiger partial charge in [0.1, 0.15) is 0 Å². The van der Waals surface area contributed by atoms with Crippen molar-refractivity contribution in [1.29, 1.82) is 0 Å². The molecule has 0 saturated heterocycles. The third kappa shape index (κ3) is 3.07. The smallest absolute Gasteiger partial charge is 0.225 e. The van der Waals surface area contributed by atoms with E-state index in [1.54, 1.807) is 7.11 Å². The summed E-state index contributed by atoms with van der Waals surface area (Å²) in [5.41, 5.74) is 1.09. The molecular weight excluding hydrogens is 304 g/mol. The largest absolute Gasteiger partial charge is 0.381 e. The van der Waals surface area contributed by atoms with E-state index < -0.39 is 0 Å². The highest BCUT2D eigenvalue weighted by Crippen LogP contribution is 2.48. The zero-order valence-corrected chi connectivity index (χ0v) is 14.7. The fourth-order valence-electron chi connectivity index (χ4n) is 3.48. The lowest BCUT2D eigenvalue weighted by Gasteiger charge is -2.55. The molecule has 0 radical (unpaired) electrons. The van der Waals surface area contributed by atoms with Crippen LogP contribution in [0.1, 0.15) is 43.7 Å². The van der Waals surface area contributed by atoms with Crippen LogP contribution in [0.2, 0.25) is 0 Å². The van der Waals surface area contributed by atoms with Gasteiger partial charge in [0.15, 0.2) is 3.95 Å².